The molecule has 0 aliphatic heterocycles. The van der Waals surface area contributed by atoms with Crippen LogP contribution < -0.4 is 10.1 Å². The highest BCUT2D eigenvalue weighted by Crippen LogP contribution is 2.51. The van der Waals surface area contributed by atoms with Gasteiger partial charge in [-0.1, -0.05) is 23.4 Å². The molecule has 132 valence electrons. The third-order valence-corrected chi connectivity index (χ3v) is 4.71. The second-order valence-electron chi connectivity index (χ2n) is 6.32. The van der Waals surface area contributed by atoms with E-state index in [0.29, 0.717) is 12.2 Å². The maximum absolute atomic E-state index is 12.8. The van der Waals surface area contributed by atoms with Gasteiger partial charge in [0, 0.05) is 18.0 Å². The lowest BCUT2D eigenvalue weighted by molar-refractivity contribution is -0.123. The maximum atomic E-state index is 12.8. The molecule has 3 aromatic rings. The molecule has 0 unspecified atom stereocenters. The van der Waals surface area contributed by atoms with Crippen molar-refractivity contribution in [1.82, 2.24) is 25.3 Å². The third kappa shape index (κ3) is 2.92. The summed E-state index contributed by atoms with van der Waals surface area (Å²) in [5.74, 6) is 0.754. The van der Waals surface area contributed by atoms with Crippen molar-refractivity contribution in [3.05, 3.63) is 66.2 Å². The highest BCUT2D eigenvalue weighted by Gasteiger charge is 2.52. The fourth-order valence-electron chi connectivity index (χ4n) is 3.13. The van der Waals surface area contributed by atoms with E-state index >= 15 is 0 Å². The number of ether oxygens (including phenoxy) is 1. The van der Waals surface area contributed by atoms with Gasteiger partial charge in [-0.25, -0.2) is 4.68 Å². The molecule has 1 saturated carbocycles. The number of nitrogens with one attached hydrogen (secondary N) is 1. The summed E-state index contributed by atoms with van der Waals surface area (Å²) in [5.41, 5.74) is 2.03. The Kier molecular flexibility index (Phi) is 4.12. The van der Waals surface area contributed by atoms with Crippen LogP contribution in [0.1, 0.15) is 24.1 Å². The van der Waals surface area contributed by atoms with Gasteiger partial charge < -0.3 is 10.1 Å². The lowest BCUT2D eigenvalue weighted by atomic mass is 9.94. The van der Waals surface area contributed by atoms with Crippen LogP contribution in [0.3, 0.4) is 0 Å². The number of aromatic nitrogens is 4. The number of carbonyl (C=O) groups excluding carboxylic acids is 1. The molecule has 2 heterocycles. The normalized spacial score (nSPS) is 14.7. The molecule has 1 aromatic carbocycles. The predicted molar refractivity (Wildman–Crippen MR) is 94.9 cm³/mol. The number of nitrogens with zero attached hydrogens (tertiary/aromatic N) is 4. The molecule has 1 fully saturated rings. The fourth-order valence-corrected chi connectivity index (χ4v) is 3.13. The molecule has 1 aliphatic carbocycles. The van der Waals surface area contributed by atoms with Gasteiger partial charge in [-0.05, 0) is 31.0 Å². The van der Waals surface area contributed by atoms with Crippen molar-refractivity contribution in [1.29, 1.82) is 0 Å². The fraction of sp³-hybridized carbons (Fsp3) is 0.263. The van der Waals surface area contributed by atoms with Crippen LogP contribution in [0.2, 0.25) is 0 Å². The SMILES string of the molecule is COc1ccccc1C1(C(=O)NCc2cn(-c3ccncc3)nn2)CC1. The van der Waals surface area contributed by atoms with Crippen LogP contribution >= 0.6 is 0 Å². The van der Waals surface area contributed by atoms with E-state index in [4.69, 9.17) is 4.74 Å². The van der Waals surface area contributed by atoms with E-state index in [2.05, 4.69) is 20.6 Å². The van der Waals surface area contributed by atoms with Crippen molar-refractivity contribution in [2.24, 2.45) is 0 Å². The largest absolute Gasteiger partial charge is 0.496 e. The van der Waals surface area contributed by atoms with Gasteiger partial charge in [-0.3, -0.25) is 9.78 Å². The Morgan fingerprint density at radius 3 is 2.73 bits per heavy atom. The van der Waals surface area contributed by atoms with Crippen LogP contribution in [-0.4, -0.2) is 33.0 Å². The Balaban J connectivity index is 1.45. The van der Waals surface area contributed by atoms with Gasteiger partial charge >= 0.3 is 0 Å². The summed E-state index contributed by atoms with van der Waals surface area (Å²) in [6.45, 7) is 0.334. The van der Waals surface area contributed by atoms with Crippen LogP contribution in [0.15, 0.2) is 55.0 Å². The van der Waals surface area contributed by atoms with E-state index in [1.807, 2.05) is 36.4 Å². The van der Waals surface area contributed by atoms with Crippen molar-refractivity contribution in [3.63, 3.8) is 0 Å². The van der Waals surface area contributed by atoms with E-state index in [0.717, 1.165) is 29.8 Å². The minimum Gasteiger partial charge on any atom is -0.496 e. The molecule has 0 bridgehead atoms. The molecule has 1 amide bonds. The van der Waals surface area contributed by atoms with Gasteiger partial charge in [0.05, 0.1) is 31.0 Å². The Labute approximate surface area is 151 Å². The molecule has 1 aliphatic rings. The Bertz CT molecular complexity index is 918. The summed E-state index contributed by atoms with van der Waals surface area (Å²) in [6.07, 6.45) is 6.84. The van der Waals surface area contributed by atoms with Gasteiger partial charge in [-0.15, -0.1) is 5.10 Å². The van der Waals surface area contributed by atoms with Crippen molar-refractivity contribution >= 4 is 5.91 Å². The second kappa shape index (κ2) is 6.59. The Hall–Kier alpha value is -3.22. The molecule has 4 rings (SSSR count). The first-order chi connectivity index (χ1) is 12.7. The molecule has 1 N–H and O–H groups in total. The van der Waals surface area contributed by atoms with E-state index in [1.165, 1.54) is 0 Å². The van der Waals surface area contributed by atoms with Crippen LogP contribution in [0.25, 0.3) is 5.69 Å². The molecule has 0 atom stereocenters. The van der Waals surface area contributed by atoms with Crippen molar-refractivity contribution < 1.29 is 9.53 Å². The van der Waals surface area contributed by atoms with Gasteiger partial charge in [0.25, 0.3) is 0 Å². The number of pyridine rings is 1. The lowest BCUT2D eigenvalue weighted by Crippen LogP contribution is -2.34. The molecule has 0 saturated heterocycles. The molecule has 0 spiro atoms. The predicted octanol–water partition coefficient (Wildman–Crippen LogP) is 2.02. The monoisotopic (exact) mass is 349 g/mol. The summed E-state index contributed by atoms with van der Waals surface area (Å²) < 4.78 is 7.09. The highest BCUT2D eigenvalue weighted by molar-refractivity contribution is 5.92. The number of hydrogen-bond acceptors (Lipinski definition) is 5. The van der Waals surface area contributed by atoms with Crippen LogP contribution in [0.4, 0.5) is 0 Å². The molecule has 7 nitrogen and oxygen atoms in total. The van der Waals surface area contributed by atoms with Gasteiger partial charge in [0.15, 0.2) is 0 Å². The smallest absolute Gasteiger partial charge is 0.231 e. The quantitative estimate of drug-likeness (QED) is 0.736. The van der Waals surface area contributed by atoms with Crippen molar-refractivity contribution in [2.45, 2.75) is 24.8 Å². The number of carbonyl (C=O) groups is 1. The summed E-state index contributed by atoms with van der Waals surface area (Å²) in [5, 5.41) is 11.2. The minimum absolute atomic E-state index is 0.000427. The van der Waals surface area contributed by atoms with Gasteiger partial charge in [0.2, 0.25) is 5.91 Å². The first-order valence-electron chi connectivity index (χ1n) is 8.46. The standard InChI is InChI=1S/C19H19N5O2/c1-26-17-5-3-2-4-16(17)19(8-9-19)18(25)21-12-14-13-24(23-22-14)15-6-10-20-11-7-15/h2-7,10-11,13H,8-9,12H2,1H3,(H,21,25). The minimum atomic E-state index is -0.492. The molecular formula is C19H19N5O2. The lowest BCUT2D eigenvalue weighted by Gasteiger charge is -2.18. The number of para-hydroxylation sites is 1. The zero-order valence-electron chi connectivity index (χ0n) is 14.4. The van der Waals surface area contributed by atoms with E-state index in [1.54, 1.807) is 30.4 Å². The molecule has 7 heteroatoms. The molecule has 26 heavy (non-hydrogen) atoms. The summed E-state index contributed by atoms with van der Waals surface area (Å²) in [7, 11) is 1.63. The maximum Gasteiger partial charge on any atom is 0.231 e. The van der Waals surface area contributed by atoms with Crippen LogP contribution in [0, 0.1) is 0 Å². The van der Waals surface area contributed by atoms with Crippen molar-refractivity contribution in [2.75, 3.05) is 7.11 Å². The molecule has 2 aromatic heterocycles. The average Bonchev–Trinajstić information content (AvgIpc) is 3.38. The van der Waals surface area contributed by atoms with Crippen LogP contribution in [0.5, 0.6) is 5.75 Å². The van der Waals surface area contributed by atoms with Crippen molar-refractivity contribution in [3.8, 4) is 11.4 Å². The van der Waals surface area contributed by atoms with Gasteiger partial charge in [-0.2, -0.15) is 0 Å². The number of amides is 1. The highest BCUT2D eigenvalue weighted by atomic mass is 16.5. The number of rotatable bonds is 6. The first kappa shape index (κ1) is 16.3. The molecular weight excluding hydrogens is 330 g/mol. The first-order valence-corrected chi connectivity index (χ1v) is 8.46. The topological polar surface area (TPSA) is 81.9 Å². The summed E-state index contributed by atoms with van der Waals surface area (Å²) in [6, 6.07) is 11.4. The number of methoxy groups -OCH3 is 1. The van der Waals surface area contributed by atoms with Gasteiger partial charge in [0.1, 0.15) is 11.4 Å². The zero-order valence-corrected chi connectivity index (χ0v) is 14.4. The number of benzene rings is 1. The zero-order chi connectivity index (χ0) is 18.0. The second-order valence-corrected chi connectivity index (χ2v) is 6.32. The van der Waals surface area contributed by atoms with Crippen LogP contribution in [-0.2, 0) is 16.8 Å². The third-order valence-electron chi connectivity index (χ3n) is 4.71. The Morgan fingerprint density at radius 1 is 1.23 bits per heavy atom. The summed E-state index contributed by atoms with van der Waals surface area (Å²) >= 11 is 0. The van der Waals surface area contributed by atoms with E-state index in [-0.39, 0.29) is 5.91 Å². The van der Waals surface area contributed by atoms with E-state index in [9.17, 15) is 4.79 Å². The Morgan fingerprint density at radius 2 is 2.00 bits per heavy atom. The summed E-state index contributed by atoms with van der Waals surface area (Å²) in [4.78, 5) is 16.8. The molecule has 0 radical (unpaired) electrons. The average molecular weight is 349 g/mol. The van der Waals surface area contributed by atoms with E-state index < -0.39 is 5.41 Å². The number of hydrogen-bond donors (Lipinski definition) is 1.